The van der Waals surface area contributed by atoms with E-state index in [1.165, 1.54) is 32.0 Å². The second-order valence-corrected chi connectivity index (χ2v) is 4.92. The Hall–Kier alpha value is -2.49. The van der Waals surface area contributed by atoms with Crippen LogP contribution in [0, 0.1) is 0 Å². The van der Waals surface area contributed by atoms with Gasteiger partial charge in [-0.2, -0.15) is 0 Å². The fourth-order valence-corrected chi connectivity index (χ4v) is 2.27. The summed E-state index contributed by atoms with van der Waals surface area (Å²) >= 11 is 0. The number of carbonyl (C=O) groups is 3. The predicted octanol–water partition coefficient (Wildman–Crippen LogP) is -0.155. The van der Waals surface area contributed by atoms with Gasteiger partial charge in [0.25, 0.3) is 5.82 Å². The first-order valence-electron chi connectivity index (χ1n) is 6.82. The van der Waals surface area contributed by atoms with E-state index in [-0.39, 0.29) is 5.82 Å². The average Bonchev–Trinajstić information content (AvgIpc) is 3.05. The fourth-order valence-electron chi connectivity index (χ4n) is 2.27. The summed E-state index contributed by atoms with van der Waals surface area (Å²) in [5.41, 5.74) is 0. The highest BCUT2D eigenvalue weighted by Crippen LogP contribution is 2.33. The van der Waals surface area contributed by atoms with Gasteiger partial charge >= 0.3 is 17.9 Å². The van der Waals surface area contributed by atoms with Gasteiger partial charge in [-0.05, 0) is 6.92 Å². The first-order chi connectivity index (χ1) is 10.8. The summed E-state index contributed by atoms with van der Waals surface area (Å²) in [4.78, 5) is 37.8. The molecular weight excluding hydrogens is 310 g/mol. The molecule has 0 aromatic carbocycles. The lowest BCUT2D eigenvalue weighted by Crippen LogP contribution is -2.38. The smallest absolute Gasteiger partial charge is 0.377 e. The van der Waals surface area contributed by atoms with E-state index in [1.54, 1.807) is 6.92 Å². The quantitative estimate of drug-likeness (QED) is 0.549. The summed E-state index contributed by atoms with van der Waals surface area (Å²) in [6.45, 7) is 4.14. The molecule has 1 saturated heterocycles. The molecule has 1 aromatic rings. The summed E-state index contributed by atoms with van der Waals surface area (Å²) in [6.07, 6.45) is -1.90. The van der Waals surface area contributed by atoms with Gasteiger partial charge in [0.05, 0.1) is 13.2 Å². The lowest BCUT2D eigenvalue weighted by molar-refractivity contribution is -0.165. The molecule has 23 heavy (non-hydrogen) atoms. The number of esters is 3. The Morgan fingerprint density at radius 2 is 1.78 bits per heavy atom. The van der Waals surface area contributed by atoms with Crippen LogP contribution in [0.1, 0.15) is 37.6 Å². The van der Waals surface area contributed by atoms with Crippen LogP contribution in [0.15, 0.2) is 6.33 Å². The zero-order valence-corrected chi connectivity index (χ0v) is 13.1. The molecule has 1 aliphatic heterocycles. The maximum atomic E-state index is 11.4. The normalized spacial score (nSPS) is 26.6. The Morgan fingerprint density at radius 1 is 1.17 bits per heavy atom. The molecule has 1 aromatic heterocycles. The summed E-state index contributed by atoms with van der Waals surface area (Å²) in [6, 6.07) is 0. The van der Waals surface area contributed by atoms with E-state index in [1.807, 2.05) is 0 Å². The van der Waals surface area contributed by atoms with Crippen molar-refractivity contribution in [3.8, 4) is 0 Å². The second kappa shape index (κ2) is 6.73. The largest absolute Gasteiger partial charge is 0.463 e. The minimum Gasteiger partial charge on any atom is -0.463 e. The van der Waals surface area contributed by atoms with Crippen molar-refractivity contribution in [1.29, 1.82) is 0 Å². The highest BCUT2D eigenvalue weighted by atomic mass is 16.6. The average molecular weight is 327 g/mol. The van der Waals surface area contributed by atoms with Crippen LogP contribution in [0.25, 0.3) is 0 Å². The summed E-state index contributed by atoms with van der Waals surface area (Å²) < 4.78 is 21.8. The van der Waals surface area contributed by atoms with Crippen molar-refractivity contribution in [2.24, 2.45) is 0 Å². The molecule has 1 fully saturated rings. The molecule has 126 valence electrons. The molecule has 0 N–H and O–H groups in total. The minimum atomic E-state index is -0.918. The van der Waals surface area contributed by atoms with E-state index in [4.69, 9.17) is 14.2 Å². The van der Waals surface area contributed by atoms with E-state index < -0.39 is 42.4 Å². The maximum absolute atomic E-state index is 11.4. The lowest BCUT2D eigenvalue weighted by atomic mass is 10.1. The van der Waals surface area contributed by atoms with Crippen LogP contribution in [0.2, 0.25) is 0 Å². The number of hydrogen-bond acceptors (Lipinski definition) is 9. The van der Waals surface area contributed by atoms with Gasteiger partial charge in [0.1, 0.15) is 6.33 Å². The number of ether oxygens (including phenoxy) is 4. The second-order valence-electron chi connectivity index (χ2n) is 4.92. The Bertz CT molecular complexity index is 614. The molecule has 1 aliphatic rings. The Kier molecular flexibility index (Phi) is 4.94. The molecule has 0 saturated carbocycles. The molecule has 0 radical (unpaired) electrons. The zero-order valence-electron chi connectivity index (χ0n) is 13.1. The molecule has 10 heteroatoms. The Labute approximate surface area is 131 Å². The third-order valence-electron chi connectivity index (χ3n) is 3.16. The molecule has 2 rings (SSSR count). The van der Waals surface area contributed by atoms with Crippen molar-refractivity contribution in [2.75, 3.05) is 7.11 Å². The van der Waals surface area contributed by atoms with Gasteiger partial charge in [-0.1, -0.05) is 0 Å². The minimum absolute atomic E-state index is 0.165. The summed E-state index contributed by atoms with van der Waals surface area (Å²) in [5, 5.41) is 3.94. The van der Waals surface area contributed by atoms with Crippen LogP contribution < -0.4 is 0 Å². The van der Waals surface area contributed by atoms with Crippen molar-refractivity contribution in [3.05, 3.63) is 12.2 Å². The first kappa shape index (κ1) is 16.9. The SMILES string of the molecule is COC(=O)c1ncn([C@H]2O[C@@H](C)[C@H](OC(C)=O)[C@@H]2OC(C)=O)n1. The molecule has 4 atom stereocenters. The molecule has 0 unspecified atom stereocenters. The summed E-state index contributed by atoms with van der Waals surface area (Å²) in [5.74, 6) is -1.98. The van der Waals surface area contributed by atoms with Crippen molar-refractivity contribution in [1.82, 2.24) is 14.8 Å². The standard InChI is InChI=1S/C13H17N3O7/c1-6-9(22-7(2)17)10(23-8(3)18)12(21-6)16-5-14-11(15-16)13(19)20-4/h5-6,9-10,12H,1-4H3/t6-,9-,10-,12-/m0/s1. The Balaban J connectivity index is 2.28. The Morgan fingerprint density at radius 3 is 2.35 bits per heavy atom. The zero-order chi connectivity index (χ0) is 17.1. The van der Waals surface area contributed by atoms with Crippen molar-refractivity contribution in [2.45, 2.75) is 45.3 Å². The predicted molar refractivity (Wildman–Crippen MR) is 72.1 cm³/mol. The monoisotopic (exact) mass is 327 g/mol. The number of carbonyl (C=O) groups excluding carboxylic acids is 3. The van der Waals surface area contributed by atoms with Gasteiger partial charge in [0, 0.05) is 13.8 Å². The summed E-state index contributed by atoms with van der Waals surface area (Å²) in [7, 11) is 1.20. The topological polar surface area (TPSA) is 119 Å². The van der Waals surface area contributed by atoms with Gasteiger partial charge in [-0.25, -0.2) is 14.5 Å². The first-order valence-corrected chi connectivity index (χ1v) is 6.82. The molecule has 0 bridgehead atoms. The molecule has 0 spiro atoms. The van der Waals surface area contributed by atoms with Gasteiger partial charge in [0.2, 0.25) is 0 Å². The van der Waals surface area contributed by atoms with Gasteiger partial charge in [-0.15, -0.1) is 5.10 Å². The van der Waals surface area contributed by atoms with E-state index in [9.17, 15) is 14.4 Å². The van der Waals surface area contributed by atoms with Crippen molar-refractivity contribution >= 4 is 17.9 Å². The molecule has 0 aliphatic carbocycles. The van der Waals surface area contributed by atoms with E-state index in [0.29, 0.717) is 0 Å². The van der Waals surface area contributed by atoms with Crippen LogP contribution in [0.5, 0.6) is 0 Å². The van der Waals surface area contributed by atoms with Crippen LogP contribution >= 0.6 is 0 Å². The lowest BCUT2D eigenvalue weighted by Gasteiger charge is -2.22. The molecule has 2 heterocycles. The molecule has 0 amide bonds. The third-order valence-corrected chi connectivity index (χ3v) is 3.16. The van der Waals surface area contributed by atoms with Crippen LogP contribution in [0.3, 0.4) is 0 Å². The maximum Gasteiger partial charge on any atom is 0.377 e. The van der Waals surface area contributed by atoms with Crippen LogP contribution in [-0.2, 0) is 28.5 Å². The highest BCUT2D eigenvalue weighted by molar-refractivity contribution is 5.84. The molecular formula is C13H17N3O7. The third kappa shape index (κ3) is 3.65. The van der Waals surface area contributed by atoms with Crippen molar-refractivity contribution in [3.63, 3.8) is 0 Å². The van der Waals surface area contributed by atoms with Crippen molar-refractivity contribution < 1.29 is 33.3 Å². The number of rotatable bonds is 4. The number of methoxy groups -OCH3 is 1. The van der Waals surface area contributed by atoms with E-state index >= 15 is 0 Å². The number of hydrogen-bond donors (Lipinski definition) is 0. The van der Waals surface area contributed by atoms with Crippen LogP contribution in [0.4, 0.5) is 0 Å². The fraction of sp³-hybridized carbons (Fsp3) is 0.615. The van der Waals surface area contributed by atoms with E-state index in [0.717, 1.165) is 0 Å². The molecule has 10 nitrogen and oxygen atoms in total. The van der Waals surface area contributed by atoms with E-state index in [2.05, 4.69) is 14.8 Å². The van der Waals surface area contributed by atoms with Crippen LogP contribution in [-0.4, -0.2) is 58.1 Å². The highest BCUT2D eigenvalue weighted by Gasteiger charge is 2.48. The number of nitrogens with zero attached hydrogens (tertiary/aromatic N) is 3. The number of aromatic nitrogens is 3. The van der Waals surface area contributed by atoms with Gasteiger partial charge < -0.3 is 18.9 Å². The van der Waals surface area contributed by atoms with Gasteiger partial charge in [0.15, 0.2) is 18.4 Å². The van der Waals surface area contributed by atoms with Gasteiger partial charge in [-0.3, -0.25) is 9.59 Å².